The molecule has 5 heteroatoms. The Kier molecular flexibility index (Phi) is 9.90. The first-order valence-electron chi connectivity index (χ1n) is 13.1. The topological polar surface area (TPSA) is 58.6 Å². The van der Waals surface area contributed by atoms with E-state index in [9.17, 15) is 9.59 Å². The Morgan fingerprint density at radius 2 is 1.59 bits per heavy atom. The van der Waals surface area contributed by atoms with Crippen LogP contribution in [-0.2, 0) is 28.0 Å². The van der Waals surface area contributed by atoms with Gasteiger partial charge in [-0.25, -0.2) is 0 Å². The quantitative estimate of drug-likeness (QED) is 0.360. The highest BCUT2D eigenvalue weighted by Crippen LogP contribution is 2.31. The minimum absolute atomic E-state index is 0.128. The zero-order chi connectivity index (χ0) is 26.8. The van der Waals surface area contributed by atoms with Crippen molar-refractivity contribution in [3.05, 3.63) is 101 Å². The van der Waals surface area contributed by atoms with Crippen LogP contribution >= 0.6 is 0 Å². The van der Waals surface area contributed by atoms with Gasteiger partial charge in [0.15, 0.2) is 6.61 Å². The summed E-state index contributed by atoms with van der Waals surface area (Å²) in [6.45, 7) is 11.1. The summed E-state index contributed by atoms with van der Waals surface area (Å²) in [4.78, 5) is 28.9. The third kappa shape index (κ3) is 8.21. The highest BCUT2D eigenvalue weighted by atomic mass is 16.5. The largest absolute Gasteiger partial charge is 0.483 e. The van der Waals surface area contributed by atoms with Crippen molar-refractivity contribution in [3.8, 4) is 5.75 Å². The zero-order valence-electron chi connectivity index (χ0n) is 22.8. The van der Waals surface area contributed by atoms with E-state index in [4.69, 9.17) is 4.74 Å². The molecule has 0 spiro atoms. The fourth-order valence-corrected chi connectivity index (χ4v) is 4.36. The summed E-state index contributed by atoms with van der Waals surface area (Å²) in [7, 11) is 0. The maximum atomic E-state index is 13.8. The molecular formula is C32H40N2O3. The predicted octanol–water partition coefficient (Wildman–Crippen LogP) is 5.84. The van der Waals surface area contributed by atoms with Crippen molar-refractivity contribution in [2.75, 3.05) is 13.2 Å². The maximum Gasteiger partial charge on any atom is 0.261 e. The number of benzene rings is 3. The molecule has 196 valence electrons. The van der Waals surface area contributed by atoms with E-state index in [1.165, 1.54) is 0 Å². The van der Waals surface area contributed by atoms with E-state index in [-0.39, 0.29) is 23.8 Å². The summed E-state index contributed by atoms with van der Waals surface area (Å²) in [5, 5.41) is 3.01. The first-order valence-corrected chi connectivity index (χ1v) is 13.1. The van der Waals surface area contributed by atoms with Gasteiger partial charge in [0.25, 0.3) is 5.91 Å². The number of nitrogens with zero attached hydrogens (tertiary/aromatic N) is 1. The van der Waals surface area contributed by atoms with Crippen LogP contribution in [0.1, 0.15) is 56.4 Å². The van der Waals surface area contributed by atoms with E-state index in [0.29, 0.717) is 25.3 Å². The second kappa shape index (κ2) is 13.1. The van der Waals surface area contributed by atoms with Crippen LogP contribution in [0.25, 0.3) is 0 Å². The van der Waals surface area contributed by atoms with Crippen molar-refractivity contribution >= 4 is 11.8 Å². The van der Waals surface area contributed by atoms with Gasteiger partial charge in [0, 0.05) is 19.5 Å². The van der Waals surface area contributed by atoms with Gasteiger partial charge < -0.3 is 15.0 Å². The van der Waals surface area contributed by atoms with Gasteiger partial charge in [-0.1, -0.05) is 106 Å². The summed E-state index contributed by atoms with van der Waals surface area (Å²) in [5.41, 5.74) is 3.99. The van der Waals surface area contributed by atoms with Crippen LogP contribution in [0, 0.1) is 6.92 Å². The summed E-state index contributed by atoms with van der Waals surface area (Å²) in [6.07, 6.45) is 1.24. The molecule has 0 aliphatic rings. The van der Waals surface area contributed by atoms with Crippen LogP contribution in [0.3, 0.4) is 0 Å². The molecular weight excluding hydrogens is 460 g/mol. The Bertz CT molecular complexity index is 1170. The molecule has 0 bridgehead atoms. The van der Waals surface area contributed by atoms with E-state index in [1.807, 2.05) is 86.6 Å². The van der Waals surface area contributed by atoms with Crippen LogP contribution in [0.2, 0.25) is 0 Å². The summed E-state index contributed by atoms with van der Waals surface area (Å²) in [5.74, 6) is 0.313. The van der Waals surface area contributed by atoms with Crippen LogP contribution in [0.15, 0.2) is 78.9 Å². The predicted molar refractivity (Wildman–Crippen MR) is 150 cm³/mol. The molecule has 0 heterocycles. The normalized spacial score (nSPS) is 12.0. The second-order valence-electron chi connectivity index (χ2n) is 10.5. The van der Waals surface area contributed by atoms with E-state index < -0.39 is 6.04 Å². The number of rotatable bonds is 11. The third-order valence-electron chi connectivity index (χ3n) is 6.30. The van der Waals surface area contributed by atoms with E-state index in [0.717, 1.165) is 28.7 Å². The summed E-state index contributed by atoms with van der Waals surface area (Å²) < 4.78 is 6.11. The number of para-hydroxylation sites is 1. The standard InChI is InChI=1S/C32H40N2O3/c1-6-19-33-31(36)28(21-25-14-8-7-9-15-25)34(22-26-16-12-13-24(2)20-26)30(35)23-37-29-18-11-10-17-27(29)32(3,4)5/h7-18,20,28H,6,19,21-23H2,1-5H3,(H,33,36)/t28-/m0/s1. The lowest BCUT2D eigenvalue weighted by molar-refractivity contribution is -0.142. The molecule has 5 nitrogen and oxygen atoms in total. The van der Waals surface area contributed by atoms with Gasteiger partial charge in [-0.2, -0.15) is 0 Å². The van der Waals surface area contributed by atoms with E-state index in [2.05, 4.69) is 32.2 Å². The molecule has 1 N–H and O–H groups in total. The Morgan fingerprint density at radius 3 is 2.27 bits per heavy atom. The fraction of sp³-hybridized carbons (Fsp3) is 0.375. The van der Waals surface area contributed by atoms with Gasteiger partial charge >= 0.3 is 0 Å². The number of hydrogen-bond acceptors (Lipinski definition) is 3. The van der Waals surface area contributed by atoms with E-state index in [1.54, 1.807) is 4.90 Å². The molecule has 3 rings (SSSR count). The number of amides is 2. The molecule has 0 unspecified atom stereocenters. The van der Waals surface area contributed by atoms with E-state index >= 15 is 0 Å². The van der Waals surface area contributed by atoms with Gasteiger partial charge in [0.05, 0.1) is 0 Å². The number of carbonyl (C=O) groups excluding carboxylic acids is 2. The average molecular weight is 501 g/mol. The molecule has 3 aromatic carbocycles. The maximum absolute atomic E-state index is 13.8. The minimum atomic E-state index is -0.663. The first kappa shape index (κ1) is 28.0. The lowest BCUT2D eigenvalue weighted by Gasteiger charge is -2.32. The molecule has 0 saturated heterocycles. The molecule has 0 fully saturated rings. The van der Waals surface area contributed by atoms with Crippen LogP contribution < -0.4 is 10.1 Å². The minimum Gasteiger partial charge on any atom is -0.483 e. The molecule has 3 aromatic rings. The number of hydrogen-bond donors (Lipinski definition) is 1. The molecule has 0 saturated carbocycles. The van der Waals surface area contributed by atoms with Gasteiger partial charge in [-0.05, 0) is 41.5 Å². The molecule has 2 amide bonds. The summed E-state index contributed by atoms with van der Waals surface area (Å²) in [6, 6.07) is 25.0. The Morgan fingerprint density at radius 1 is 0.919 bits per heavy atom. The number of ether oxygens (including phenoxy) is 1. The molecule has 0 aliphatic heterocycles. The number of nitrogens with one attached hydrogen (secondary N) is 1. The second-order valence-corrected chi connectivity index (χ2v) is 10.5. The number of carbonyl (C=O) groups is 2. The lowest BCUT2D eigenvalue weighted by atomic mass is 9.86. The van der Waals surface area contributed by atoms with Gasteiger partial charge in [0.1, 0.15) is 11.8 Å². The van der Waals surface area contributed by atoms with Crippen molar-refractivity contribution in [2.24, 2.45) is 0 Å². The highest BCUT2D eigenvalue weighted by Gasteiger charge is 2.31. The molecule has 0 aromatic heterocycles. The zero-order valence-corrected chi connectivity index (χ0v) is 22.8. The smallest absolute Gasteiger partial charge is 0.261 e. The Hall–Kier alpha value is -3.60. The van der Waals surface area contributed by atoms with Gasteiger partial charge in [-0.15, -0.1) is 0 Å². The Labute approximate surface area is 221 Å². The fourth-order valence-electron chi connectivity index (χ4n) is 4.36. The van der Waals surface area contributed by atoms with Gasteiger partial charge in [0.2, 0.25) is 5.91 Å². The number of aryl methyl sites for hydroxylation is 1. The first-order chi connectivity index (χ1) is 17.7. The van der Waals surface area contributed by atoms with Crippen LogP contribution in [0.4, 0.5) is 0 Å². The van der Waals surface area contributed by atoms with Crippen LogP contribution in [-0.4, -0.2) is 35.9 Å². The van der Waals surface area contributed by atoms with Crippen molar-refractivity contribution in [1.82, 2.24) is 10.2 Å². The highest BCUT2D eigenvalue weighted by molar-refractivity contribution is 5.88. The molecule has 37 heavy (non-hydrogen) atoms. The van der Waals surface area contributed by atoms with Crippen LogP contribution in [0.5, 0.6) is 5.75 Å². The summed E-state index contributed by atoms with van der Waals surface area (Å²) >= 11 is 0. The SMILES string of the molecule is CCCNC(=O)[C@H](Cc1ccccc1)N(Cc1cccc(C)c1)C(=O)COc1ccccc1C(C)(C)C. The third-order valence-corrected chi connectivity index (χ3v) is 6.30. The molecule has 0 radical (unpaired) electrons. The average Bonchev–Trinajstić information content (AvgIpc) is 2.88. The van der Waals surface area contributed by atoms with Crippen molar-refractivity contribution < 1.29 is 14.3 Å². The monoisotopic (exact) mass is 500 g/mol. The van der Waals surface area contributed by atoms with Gasteiger partial charge in [-0.3, -0.25) is 9.59 Å². The molecule has 1 atom stereocenters. The van der Waals surface area contributed by atoms with Crippen molar-refractivity contribution in [3.63, 3.8) is 0 Å². The van der Waals surface area contributed by atoms with Crippen molar-refractivity contribution in [2.45, 2.75) is 65.5 Å². The lowest BCUT2D eigenvalue weighted by Crippen LogP contribution is -2.51. The molecule has 0 aliphatic carbocycles. The van der Waals surface area contributed by atoms with Crippen molar-refractivity contribution in [1.29, 1.82) is 0 Å². The Balaban J connectivity index is 1.93.